The summed E-state index contributed by atoms with van der Waals surface area (Å²) >= 11 is 5.68. The van der Waals surface area contributed by atoms with Crippen molar-refractivity contribution in [3.8, 4) is 0 Å². The average molecular weight is 291 g/mol. The maximum absolute atomic E-state index is 12.0. The number of nitrogens with one attached hydrogen (secondary N) is 1. The predicted molar refractivity (Wildman–Crippen MR) is 68.0 cm³/mol. The van der Waals surface area contributed by atoms with E-state index in [2.05, 4.69) is 9.71 Å². The lowest BCUT2D eigenvalue weighted by molar-refractivity contribution is 0.0250. The maximum Gasteiger partial charge on any atom is 0.240 e. The Bertz CT molecular complexity index is 527. The van der Waals surface area contributed by atoms with Crippen molar-refractivity contribution >= 4 is 21.6 Å². The van der Waals surface area contributed by atoms with Crippen LogP contribution in [0.1, 0.15) is 19.8 Å². The van der Waals surface area contributed by atoms with Gasteiger partial charge in [-0.05, 0) is 31.9 Å². The van der Waals surface area contributed by atoms with E-state index in [-0.39, 0.29) is 16.6 Å². The molecule has 1 aromatic heterocycles. The molecular weight excluding hydrogens is 276 g/mol. The first kappa shape index (κ1) is 13.7. The summed E-state index contributed by atoms with van der Waals surface area (Å²) in [5.41, 5.74) is -0.413. The summed E-state index contributed by atoms with van der Waals surface area (Å²) in [4.78, 5) is 3.87. The number of nitrogens with zero attached hydrogens (tertiary/aromatic N) is 1. The van der Waals surface area contributed by atoms with E-state index in [0.717, 1.165) is 12.8 Å². The highest BCUT2D eigenvalue weighted by Crippen LogP contribution is 2.24. The number of aromatic nitrogens is 1. The van der Waals surface area contributed by atoms with E-state index in [9.17, 15) is 8.42 Å². The van der Waals surface area contributed by atoms with Crippen molar-refractivity contribution in [3.63, 3.8) is 0 Å². The lowest BCUT2D eigenvalue weighted by Gasteiger charge is -2.23. The zero-order chi connectivity index (χ0) is 13.2. The highest BCUT2D eigenvalue weighted by atomic mass is 35.5. The van der Waals surface area contributed by atoms with Crippen molar-refractivity contribution in [1.29, 1.82) is 0 Å². The number of hydrogen-bond donors (Lipinski definition) is 1. The van der Waals surface area contributed by atoms with E-state index in [1.807, 2.05) is 6.92 Å². The second-order valence-electron chi connectivity index (χ2n) is 4.54. The highest BCUT2D eigenvalue weighted by molar-refractivity contribution is 7.89. The molecule has 1 unspecified atom stereocenters. The molecule has 0 aromatic carbocycles. The summed E-state index contributed by atoms with van der Waals surface area (Å²) in [5, 5.41) is 0.154. The van der Waals surface area contributed by atoms with Crippen molar-refractivity contribution in [1.82, 2.24) is 9.71 Å². The first-order chi connectivity index (χ1) is 8.41. The second-order valence-corrected chi connectivity index (χ2v) is 6.69. The van der Waals surface area contributed by atoms with Gasteiger partial charge >= 0.3 is 0 Å². The molecule has 0 radical (unpaired) electrons. The number of pyridine rings is 1. The zero-order valence-electron chi connectivity index (χ0n) is 10.0. The van der Waals surface area contributed by atoms with Gasteiger partial charge in [0.1, 0.15) is 5.15 Å². The molecule has 2 heterocycles. The van der Waals surface area contributed by atoms with Crippen LogP contribution in [0.5, 0.6) is 0 Å². The summed E-state index contributed by atoms with van der Waals surface area (Å²) in [6, 6.07) is 2.73. The van der Waals surface area contributed by atoms with Crippen LogP contribution in [0.2, 0.25) is 5.15 Å². The topological polar surface area (TPSA) is 68.3 Å². The largest absolute Gasteiger partial charge is 0.374 e. The fourth-order valence-corrected chi connectivity index (χ4v) is 3.27. The van der Waals surface area contributed by atoms with Crippen LogP contribution in [0.3, 0.4) is 0 Å². The molecule has 1 fully saturated rings. The van der Waals surface area contributed by atoms with Crippen LogP contribution in [0.15, 0.2) is 23.2 Å². The Morgan fingerprint density at radius 3 is 3.00 bits per heavy atom. The molecule has 0 amide bonds. The molecule has 1 atom stereocenters. The fraction of sp³-hybridized carbons (Fsp3) is 0.545. The van der Waals surface area contributed by atoms with Crippen molar-refractivity contribution in [2.45, 2.75) is 30.3 Å². The summed E-state index contributed by atoms with van der Waals surface area (Å²) in [6.45, 7) is 2.84. The molecule has 1 N–H and O–H groups in total. The molecule has 1 aliphatic rings. The smallest absolute Gasteiger partial charge is 0.240 e. The van der Waals surface area contributed by atoms with Crippen molar-refractivity contribution in [2.75, 3.05) is 13.2 Å². The van der Waals surface area contributed by atoms with Gasteiger partial charge in [-0.3, -0.25) is 0 Å². The Labute approximate surface area is 112 Å². The minimum Gasteiger partial charge on any atom is -0.374 e. The summed E-state index contributed by atoms with van der Waals surface area (Å²) in [6.07, 6.45) is 3.18. The normalized spacial score (nSPS) is 24.3. The molecule has 0 bridgehead atoms. The number of hydrogen-bond acceptors (Lipinski definition) is 4. The van der Waals surface area contributed by atoms with Crippen molar-refractivity contribution in [3.05, 3.63) is 23.5 Å². The monoisotopic (exact) mass is 290 g/mol. The van der Waals surface area contributed by atoms with Gasteiger partial charge in [-0.25, -0.2) is 18.1 Å². The molecule has 1 saturated heterocycles. The van der Waals surface area contributed by atoms with Gasteiger partial charge in [-0.15, -0.1) is 0 Å². The first-order valence-electron chi connectivity index (χ1n) is 5.67. The van der Waals surface area contributed by atoms with Crippen LogP contribution in [0.25, 0.3) is 0 Å². The number of sulfonamides is 1. The predicted octanol–water partition coefficient (Wildman–Crippen LogP) is 1.58. The molecule has 0 spiro atoms. The molecular formula is C11H15ClN2O3S. The highest BCUT2D eigenvalue weighted by Gasteiger charge is 2.31. The average Bonchev–Trinajstić information content (AvgIpc) is 2.75. The molecule has 0 saturated carbocycles. The van der Waals surface area contributed by atoms with E-state index in [4.69, 9.17) is 16.3 Å². The Morgan fingerprint density at radius 2 is 2.39 bits per heavy atom. The van der Waals surface area contributed by atoms with Gasteiger partial charge in [0.2, 0.25) is 10.0 Å². The fourth-order valence-electron chi connectivity index (χ4n) is 1.86. The third-order valence-corrected chi connectivity index (χ3v) is 4.55. The minimum absolute atomic E-state index is 0.115. The van der Waals surface area contributed by atoms with E-state index in [0.29, 0.717) is 6.61 Å². The lowest BCUT2D eigenvalue weighted by Crippen LogP contribution is -2.40. The van der Waals surface area contributed by atoms with Crippen LogP contribution in [-0.4, -0.2) is 32.2 Å². The Hall–Kier alpha value is -0.690. The Balaban J connectivity index is 2.08. The molecule has 2 rings (SSSR count). The van der Waals surface area contributed by atoms with Gasteiger partial charge in [-0.2, -0.15) is 0 Å². The van der Waals surface area contributed by atoms with Gasteiger partial charge in [0.25, 0.3) is 0 Å². The molecule has 0 aliphatic carbocycles. The Morgan fingerprint density at radius 1 is 1.61 bits per heavy atom. The summed E-state index contributed by atoms with van der Waals surface area (Å²) in [5.74, 6) is 0. The molecule has 5 nitrogen and oxygen atoms in total. The van der Waals surface area contributed by atoms with Crippen molar-refractivity contribution < 1.29 is 13.2 Å². The van der Waals surface area contributed by atoms with Gasteiger partial charge < -0.3 is 4.74 Å². The number of rotatable bonds is 4. The van der Waals surface area contributed by atoms with Gasteiger partial charge in [0.15, 0.2) is 0 Å². The van der Waals surface area contributed by atoms with Crippen LogP contribution >= 0.6 is 11.6 Å². The molecule has 18 heavy (non-hydrogen) atoms. The van der Waals surface area contributed by atoms with Crippen LogP contribution in [0, 0.1) is 0 Å². The van der Waals surface area contributed by atoms with Gasteiger partial charge in [-0.1, -0.05) is 11.6 Å². The third-order valence-electron chi connectivity index (χ3n) is 2.94. The Kier molecular flexibility index (Phi) is 3.91. The van der Waals surface area contributed by atoms with Gasteiger partial charge in [0.05, 0.1) is 10.5 Å². The van der Waals surface area contributed by atoms with Gasteiger partial charge in [0, 0.05) is 19.3 Å². The third kappa shape index (κ3) is 3.20. The van der Waals surface area contributed by atoms with Crippen LogP contribution in [-0.2, 0) is 14.8 Å². The van der Waals surface area contributed by atoms with E-state index < -0.39 is 15.6 Å². The van der Waals surface area contributed by atoms with E-state index in [1.54, 1.807) is 0 Å². The van der Waals surface area contributed by atoms with Crippen LogP contribution in [0.4, 0.5) is 0 Å². The maximum atomic E-state index is 12.0. The molecule has 1 aromatic rings. The quantitative estimate of drug-likeness (QED) is 0.855. The standard InChI is InChI=1S/C11H15ClN2O3S/c1-11(4-2-6-17-11)8-14-18(15,16)9-3-5-13-10(12)7-9/h3,5,7,14H,2,4,6,8H2,1H3. The SMILES string of the molecule is CC1(CNS(=O)(=O)c2ccnc(Cl)c2)CCCO1. The molecule has 7 heteroatoms. The number of ether oxygens (including phenoxy) is 1. The second kappa shape index (κ2) is 5.13. The van der Waals surface area contributed by atoms with E-state index in [1.165, 1.54) is 18.3 Å². The van der Waals surface area contributed by atoms with Crippen LogP contribution < -0.4 is 4.72 Å². The summed E-state index contributed by atoms with van der Waals surface area (Å²) < 4.78 is 32.1. The number of halogens is 1. The first-order valence-corrected chi connectivity index (χ1v) is 7.53. The molecule has 100 valence electrons. The van der Waals surface area contributed by atoms with Crippen molar-refractivity contribution in [2.24, 2.45) is 0 Å². The summed E-state index contributed by atoms with van der Waals surface area (Å²) in [7, 11) is -3.56. The molecule has 1 aliphatic heterocycles. The zero-order valence-corrected chi connectivity index (χ0v) is 11.6. The van der Waals surface area contributed by atoms with E-state index >= 15 is 0 Å². The lowest BCUT2D eigenvalue weighted by atomic mass is 10.0. The minimum atomic E-state index is -3.56.